The Hall–Kier alpha value is -0.380. The Morgan fingerprint density at radius 2 is 2.17 bits per heavy atom. The molecule has 1 aromatic rings. The van der Waals surface area contributed by atoms with Gasteiger partial charge in [0.05, 0.1) is 0 Å². The molecule has 2 nitrogen and oxygen atoms in total. The van der Waals surface area contributed by atoms with Crippen LogP contribution in [0.25, 0.3) is 0 Å². The van der Waals surface area contributed by atoms with Crippen LogP contribution in [-0.4, -0.2) is 30.6 Å². The Bertz CT molecular complexity index is 330. The minimum atomic E-state index is 0.572. The van der Waals surface area contributed by atoms with Gasteiger partial charge in [0, 0.05) is 23.5 Å². The van der Waals surface area contributed by atoms with Crippen molar-refractivity contribution >= 4 is 11.3 Å². The van der Waals surface area contributed by atoms with E-state index >= 15 is 0 Å². The zero-order valence-corrected chi connectivity index (χ0v) is 12.5. The van der Waals surface area contributed by atoms with Crippen LogP contribution in [-0.2, 0) is 6.42 Å². The van der Waals surface area contributed by atoms with Crippen molar-refractivity contribution < 1.29 is 0 Å². The molecule has 2 unspecified atom stereocenters. The van der Waals surface area contributed by atoms with Crippen LogP contribution in [0.2, 0.25) is 0 Å². The molecule has 2 atom stereocenters. The summed E-state index contributed by atoms with van der Waals surface area (Å²) in [6.45, 7) is 3.13. The van der Waals surface area contributed by atoms with Gasteiger partial charge >= 0.3 is 0 Å². The highest BCUT2D eigenvalue weighted by atomic mass is 32.1. The van der Waals surface area contributed by atoms with E-state index in [1.807, 2.05) is 11.3 Å². The normalized spacial score (nSPS) is 20.4. The van der Waals surface area contributed by atoms with Crippen molar-refractivity contribution in [3.05, 3.63) is 22.4 Å². The predicted molar refractivity (Wildman–Crippen MR) is 80.0 cm³/mol. The summed E-state index contributed by atoms with van der Waals surface area (Å²) in [7, 11) is 2.26. The smallest absolute Gasteiger partial charge is 0.0246 e. The van der Waals surface area contributed by atoms with Crippen molar-refractivity contribution in [1.82, 2.24) is 4.90 Å². The van der Waals surface area contributed by atoms with E-state index in [0.717, 1.165) is 18.9 Å². The minimum absolute atomic E-state index is 0.572. The van der Waals surface area contributed by atoms with Crippen LogP contribution in [0.15, 0.2) is 17.5 Å². The van der Waals surface area contributed by atoms with E-state index in [1.165, 1.54) is 30.6 Å². The van der Waals surface area contributed by atoms with Crippen molar-refractivity contribution in [2.75, 3.05) is 13.6 Å². The zero-order chi connectivity index (χ0) is 13.0. The lowest BCUT2D eigenvalue weighted by Crippen LogP contribution is -2.47. The summed E-state index contributed by atoms with van der Waals surface area (Å²) in [4.78, 5) is 4.01. The van der Waals surface area contributed by atoms with Crippen LogP contribution in [0.4, 0.5) is 0 Å². The predicted octanol–water partition coefficient (Wildman–Crippen LogP) is 3.13. The van der Waals surface area contributed by atoms with Crippen LogP contribution in [0, 0.1) is 5.92 Å². The highest BCUT2D eigenvalue weighted by molar-refractivity contribution is 7.09. The van der Waals surface area contributed by atoms with Crippen LogP contribution >= 0.6 is 11.3 Å². The van der Waals surface area contributed by atoms with Gasteiger partial charge in [-0.05, 0) is 50.6 Å². The van der Waals surface area contributed by atoms with Crippen molar-refractivity contribution in [2.24, 2.45) is 11.7 Å². The van der Waals surface area contributed by atoms with E-state index in [9.17, 15) is 0 Å². The number of likely N-dealkylation sites (N-methyl/N-ethyl adjacent to an activating group) is 1. The summed E-state index contributed by atoms with van der Waals surface area (Å²) in [6.07, 6.45) is 6.69. The zero-order valence-electron chi connectivity index (χ0n) is 11.6. The minimum Gasteiger partial charge on any atom is -0.329 e. The highest BCUT2D eigenvalue weighted by Crippen LogP contribution is 2.30. The molecule has 1 aliphatic carbocycles. The second-order valence-corrected chi connectivity index (χ2v) is 6.68. The molecule has 0 saturated heterocycles. The average Bonchev–Trinajstić information content (AvgIpc) is 3.02. The van der Waals surface area contributed by atoms with Crippen molar-refractivity contribution in [3.8, 4) is 0 Å². The lowest BCUT2D eigenvalue weighted by atomic mass is 9.95. The summed E-state index contributed by atoms with van der Waals surface area (Å²) >= 11 is 1.86. The molecule has 1 aliphatic rings. The van der Waals surface area contributed by atoms with Crippen LogP contribution in [0.5, 0.6) is 0 Å². The molecule has 0 amide bonds. The first kappa shape index (κ1) is 14.0. The maximum Gasteiger partial charge on any atom is 0.0246 e. The molecule has 0 radical (unpaired) electrons. The van der Waals surface area contributed by atoms with Gasteiger partial charge in [-0.1, -0.05) is 18.9 Å². The Kier molecular flexibility index (Phi) is 5.22. The largest absolute Gasteiger partial charge is 0.329 e. The van der Waals surface area contributed by atoms with Crippen LogP contribution < -0.4 is 5.73 Å². The van der Waals surface area contributed by atoms with Gasteiger partial charge in [0.2, 0.25) is 0 Å². The van der Waals surface area contributed by atoms with Gasteiger partial charge in [0.15, 0.2) is 0 Å². The molecule has 102 valence electrons. The van der Waals surface area contributed by atoms with Gasteiger partial charge in [-0.2, -0.15) is 0 Å². The third kappa shape index (κ3) is 3.34. The molecule has 0 spiro atoms. The van der Waals surface area contributed by atoms with Gasteiger partial charge in [0.1, 0.15) is 0 Å². The summed E-state index contributed by atoms with van der Waals surface area (Å²) in [5.74, 6) is 0.825. The molecular formula is C15H26N2S. The number of hydrogen-bond donors (Lipinski definition) is 1. The van der Waals surface area contributed by atoms with E-state index in [2.05, 4.69) is 36.4 Å². The molecule has 18 heavy (non-hydrogen) atoms. The SMILES string of the molecule is CC(Cc1cccs1)N(C)C(CN)C1CCCC1. The second-order valence-electron chi connectivity index (χ2n) is 5.65. The van der Waals surface area contributed by atoms with Gasteiger partial charge < -0.3 is 5.73 Å². The molecule has 0 aromatic carbocycles. The first-order valence-electron chi connectivity index (χ1n) is 7.16. The van der Waals surface area contributed by atoms with Gasteiger partial charge in [-0.3, -0.25) is 4.90 Å². The summed E-state index contributed by atoms with van der Waals surface area (Å²) in [5, 5.41) is 2.17. The lowest BCUT2D eigenvalue weighted by Gasteiger charge is -2.36. The Morgan fingerprint density at radius 3 is 2.72 bits per heavy atom. The molecule has 1 heterocycles. The molecule has 2 rings (SSSR count). The van der Waals surface area contributed by atoms with E-state index < -0.39 is 0 Å². The fourth-order valence-electron chi connectivity index (χ4n) is 3.22. The average molecular weight is 266 g/mol. The van der Waals surface area contributed by atoms with Gasteiger partial charge in [0.25, 0.3) is 0 Å². The fraction of sp³-hybridized carbons (Fsp3) is 0.733. The van der Waals surface area contributed by atoms with E-state index in [-0.39, 0.29) is 0 Å². The molecule has 3 heteroatoms. The number of hydrogen-bond acceptors (Lipinski definition) is 3. The van der Waals surface area contributed by atoms with E-state index in [4.69, 9.17) is 5.73 Å². The van der Waals surface area contributed by atoms with Crippen LogP contribution in [0.1, 0.15) is 37.5 Å². The number of nitrogens with two attached hydrogens (primary N) is 1. The third-order valence-electron chi connectivity index (χ3n) is 4.48. The van der Waals surface area contributed by atoms with Gasteiger partial charge in [-0.25, -0.2) is 0 Å². The fourth-order valence-corrected chi connectivity index (χ4v) is 4.05. The Labute approximate surface area is 115 Å². The second kappa shape index (κ2) is 6.69. The van der Waals surface area contributed by atoms with E-state index in [0.29, 0.717) is 12.1 Å². The lowest BCUT2D eigenvalue weighted by molar-refractivity contribution is 0.137. The van der Waals surface area contributed by atoms with Crippen molar-refractivity contribution in [1.29, 1.82) is 0 Å². The third-order valence-corrected chi connectivity index (χ3v) is 5.38. The monoisotopic (exact) mass is 266 g/mol. The van der Waals surface area contributed by atoms with Crippen molar-refractivity contribution in [3.63, 3.8) is 0 Å². The summed E-state index contributed by atoms with van der Waals surface area (Å²) < 4.78 is 0. The number of rotatable bonds is 6. The highest BCUT2D eigenvalue weighted by Gasteiger charge is 2.29. The van der Waals surface area contributed by atoms with Gasteiger partial charge in [-0.15, -0.1) is 11.3 Å². The topological polar surface area (TPSA) is 29.3 Å². The Morgan fingerprint density at radius 1 is 1.44 bits per heavy atom. The maximum atomic E-state index is 6.03. The Balaban J connectivity index is 1.92. The molecule has 0 bridgehead atoms. The molecule has 0 aliphatic heterocycles. The quantitative estimate of drug-likeness (QED) is 0.857. The summed E-state index contributed by atoms with van der Waals surface area (Å²) in [5.41, 5.74) is 6.03. The number of nitrogens with zero attached hydrogens (tertiary/aromatic N) is 1. The molecule has 1 fully saturated rings. The molecule has 1 aromatic heterocycles. The first-order valence-corrected chi connectivity index (χ1v) is 8.04. The van der Waals surface area contributed by atoms with Crippen molar-refractivity contribution in [2.45, 2.75) is 51.1 Å². The standard InChI is InChI=1S/C15H26N2S/c1-12(10-14-8-5-9-18-14)17(2)15(11-16)13-6-3-4-7-13/h5,8-9,12-13,15H,3-4,6-7,10-11,16H2,1-2H3. The van der Waals surface area contributed by atoms with Crippen LogP contribution in [0.3, 0.4) is 0 Å². The molecule has 1 saturated carbocycles. The number of thiophene rings is 1. The maximum absolute atomic E-state index is 6.03. The first-order chi connectivity index (χ1) is 8.72. The summed E-state index contributed by atoms with van der Waals surface area (Å²) in [6, 6.07) is 5.53. The van der Waals surface area contributed by atoms with E-state index in [1.54, 1.807) is 0 Å². The molecule has 2 N–H and O–H groups in total. The molecular weight excluding hydrogens is 240 g/mol.